The van der Waals surface area contributed by atoms with E-state index in [2.05, 4.69) is 4.74 Å². The summed E-state index contributed by atoms with van der Waals surface area (Å²) in [6, 6.07) is 0.791. The van der Waals surface area contributed by atoms with Crippen molar-refractivity contribution in [1.82, 2.24) is 0 Å². The Hall–Kier alpha value is -2.05. The quantitative estimate of drug-likeness (QED) is 0.718. The van der Waals surface area contributed by atoms with Crippen LogP contribution >= 0.6 is 0 Å². The predicted molar refractivity (Wildman–Crippen MR) is 68.2 cm³/mol. The molecule has 0 spiro atoms. The summed E-state index contributed by atoms with van der Waals surface area (Å²) >= 11 is 0. The maximum Gasteiger partial charge on any atom is 0.501 e. The van der Waals surface area contributed by atoms with Crippen molar-refractivity contribution in [2.45, 2.75) is 41.4 Å². The van der Waals surface area contributed by atoms with E-state index in [9.17, 15) is 43.9 Å². The van der Waals surface area contributed by atoms with Gasteiger partial charge < -0.3 is 9.47 Å². The molecule has 0 unspecified atom stereocenters. The van der Waals surface area contributed by atoms with Gasteiger partial charge in [-0.2, -0.15) is 22.0 Å². The van der Waals surface area contributed by atoms with Crippen LogP contribution in [0.5, 0.6) is 11.5 Å². The molecule has 0 atom stereocenters. The molecule has 0 radical (unpaired) electrons. The fourth-order valence-electron chi connectivity index (χ4n) is 2.49. The molecule has 0 amide bonds. The SMILES string of the molecule is O=C1c2c(S(=O)(=O)C(F)(F)F)ccc(OC3CC(F)(F)C3)c2OC1(F)F. The summed E-state index contributed by atoms with van der Waals surface area (Å²) in [5.74, 6) is -7.32. The molecule has 1 aromatic rings. The Labute approximate surface area is 140 Å². The zero-order valence-electron chi connectivity index (χ0n) is 12.2. The van der Waals surface area contributed by atoms with Crippen molar-refractivity contribution in [3.8, 4) is 11.5 Å². The Kier molecular flexibility index (Phi) is 3.77. The highest BCUT2D eigenvalue weighted by Gasteiger charge is 2.57. The third-order valence-corrected chi connectivity index (χ3v) is 5.27. The van der Waals surface area contributed by atoms with E-state index in [0.29, 0.717) is 6.07 Å². The summed E-state index contributed by atoms with van der Waals surface area (Å²) in [5, 5.41) is 0. The van der Waals surface area contributed by atoms with E-state index in [0.717, 1.165) is 0 Å². The fourth-order valence-corrected chi connectivity index (χ4v) is 3.44. The highest BCUT2D eigenvalue weighted by atomic mass is 32.2. The second kappa shape index (κ2) is 5.24. The number of ketones is 1. The van der Waals surface area contributed by atoms with E-state index in [1.807, 2.05) is 0 Å². The number of hydrogen-bond donors (Lipinski definition) is 0. The molecular formula is C13H7F7O5S. The molecule has 1 fully saturated rings. The number of rotatable bonds is 3. The Bertz CT molecular complexity index is 883. The van der Waals surface area contributed by atoms with Gasteiger partial charge in [0.2, 0.25) is 0 Å². The van der Waals surface area contributed by atoms with Crippen LogP contribution in [0.2, 0.25) is 0 Å². The van der Waals surface area contributed by atoms with Gasteiger partial charge >= 0.3 is 11.6 Å². The van der Waals surface area contributed by atoms with E-state index < -0.39 is 74.1 Å². The Morgan fingerprint density at radius 1 is 1.12 bits per heavy atom. The van der Waals surface area contributed by atoms with Crippen LogP contribution in [-0.2, 0) is 9.84 Å². The van der Waals surface area contributed by atoms with Crippen molar-refractivity contribution in [3.63, 3.8) is 0 Å². The van der Waals surface area contributed by atoms with Gasteiger partial charge in [0, 0.05) is 12.8 Å². The maximum absolute atomic E-state index is 13.5. The zero-order valence-corrected chi connectivity index (χ0v) is 13.1. The molecule has 26 heavy (non-hydrogen) atoms. The van der Waals surface area contributed by atoms with Gasteiger partial charge in [-0.25, -0.2) is 17.2 Å². The first kappa shape index (κ1) is 18.7. The van der Waals surface area contributed by atoms with Crippen LogP contribution in [-0.4, -0.2) is 37.8 Å². The molecule has 13 heteroatoms. The third kappa shape index (κ3) is 2.77. The second-order valence-electron chi connectivity index (χ2n) is 5.67. The Balaban J connectivity index is 2.09. The number of carbonyl (C=O) groups is 1. The first-order valence-electron chi connectivity index (χ1n) is 6.80. The van der Waals surface area contributed by atoms with Crippen molar-refractivity contribution < 1.29 is 53.4 Å². The third-order valence-electron chi connectivity index (χ3n) is 3.75. The zero-order chi connectivity index (χ0) is 19.7. The minimum Gasteiger partial charge on any atom is -0.486 e. The van der Waals surface area contributed by atoms with Gasteiger partial charge in [-0.05, 0) is 12.1 Å². The van der Waals surface area contributed by atoms with Crippen molar-refractivity contribution in [1.29, 1.82) is 0 Å². The number of halogens is 7. The number of carbonyl (C=O) groups excluding carboxylic acids is 1. The standard InChI is InChI=1S/C13H7F7O5S/c14-11(15)3-5(4-11)24-6-1-2-7(26(22,23)13(18,19)20)8-9(6)25-12(16,17)10(8)21/h1-2,5H,3-4H2. The molecule has 1 aliphatic heterocycles. The van der Waals surface area contributed by atoms with Gasteiger partial charge in [0.05, 0.1) is 10.5 Å². The Morgan fingerprint density at radius 3 is 2.19 bits per heavy atom. The van der Waals surface area contributed by atoms with Crippen LogP contribution in [0.15, 0.2) is 17.0 Å². The Morgan fingerprint density at radius 2 is 1.69 bits per heavy atom. The number of sulfone groups is 1. The molecule has 144 valence electrons. The van der Waals surface area contributed by atoms with Crippen LogP contribution in [0.3, 0.4) is 0 Å². The van der Waals surface area contributed by atoms with Gasteiger partial charge in [-0.1, -0.05) is 0 Å². The number of ether oxygens (including phenoxy) is 2. The largest absolute Gasteiger partial charge is 0.501 e. The molecule has 1 saturated carbocycles. The maximum atomic E-state index is 13.5. The molecule has 5 nitrogen and oxygen atoms in total. The van der Waals surface area contributed by atoms with Crippen LogP contribution in [0.25, 0.3) is 0 Å². The lowest BCUT2D eigenvalue weighted by molar-refractivity contribution is -0.140. The van der Waals surface area contributed by atoms with Gasteiger partial charge in [-0.3, -0.25) is 4.79 Å². The summed E-state index contributed by atoms with van der Waals surface area (Å²) in [4.78, 5) is 9.93. The van der Waals surface area contributed by atoms with Crippen molar-refractivity contribution in [2.24, 2.45) is 0 Å². The van der Waals surface area contributed by atoms with Crippen LogP contribution in [0.1, 0.15) is 23.2 Å². The molecule has 0 saturated heterocycles. The van der Waals surface area contributed by atoms with Crippen molar-refractivity contribution in [3.05, 3.63) is 17.7 Å². The van der Waals surface area contributed by atoms with Crippen molar-refractivity contribution >= 4 is 15.6 Å². The lowest BCUT2D eigenvalue weighted by Gasteiger charge is -2.35. The minimum absolute atomic E-state index is 0.246. The number of benzene rings is 1. The molecule has 3 rings (SSSR count). The van der Waals surface area contributed by atoms with E-state index in [-0.39, 0.29) is 6.07 Å². The number of fused-ring (bicyclic) bond motifs is 1. The highest BCUT2D eigenvalue weighted by molar-refractivity contribution is 7.92. The average Bonchev–Trinajstić information content (AvgIpc) is 2.67. The molecule has 0 bridgehead atoms. The minimum atomic E-state index is -6.15. The highest BCUT2D eigenvalue weighted by Crippen LogP contribution is 2.50. The topological polar surface area (TPSA) is 69.7 Å². The van der Waals surface area contributed by atoms with Gasteiger partial charge in [-0.15, -0.1) is 0 Å². The summed E-state index contributed by atoms with van der Waals surface area (Å²) in [5.41, 5.74) is -7.40. The smallest absolute Gasteiger partial charge is 0.486 e. The summed E-state index contributed by atoms with van der Waals surface area (Å²) in [6.07, 6.45) is -7.35. The van der Waals surface area contributed by atoms with Gasteiger partial charge in [0.25, 0.3) is 21.5 Å². The molecule has 1 aliphatic carbocycles. The van der Waals surface area contributed by atoms with E-state index in [1.54, 1.807) is 0 Å². The van der Waals surface area contributed by atoms with E-state index in [1.165, 1.54) is 0 Å². The normalized spacial score (nSPS) is 21.7. The monoisotopic (exact) mass is 408 g/mol. The summed E-state index contributed by atoms with van der Waals surface area (Å²) in [7, 11) is -6.15. The molecule has 0 N–H and O–H groups in total. The summed E-state index contributed by atoms with van der Waals surface area (Å²) in [6.45, 7) is 0. The van der Waals surface area contributed by atoms with Crippen LogP contribution < -0.4 is 9.47 Å². The molecule has 1 heterocycles. The molecule has 1 aromatic carbocycles. The number of alkyl halides is 7. The molecular weight excluding hydrogens is 401 g/mol. The molecule has 2 aliphatic rings. The summed E-state index contributed by atoms with van der Waals surface area (Å²) < 4.78 is 123. The molecule has 0 aromatic heterocycles. The van der Waals surface area contributed by atoms with Crippen LogP contribution in [0, 0.1) is 0 Å². The first-order chi connectivity index (χ1) is 11.7. The van der Waals surface area contributed by atoms with E-state index in [4.69, 9.17) is 4.74 Å². The second-order valence-corrected chi connectivity index (χ2v) is 7.58. The number of hydrogen-bond acceptors (Lipinski definition) is 5. The average molecular weight is 408 g/mol. The lowest BCUT2D eigenvalue weighted by Crippen LogP contribution is -2.43. The predicted octanol–water partition coefficient (Wildman–Crippen LogP) is 3.32. The van der Waals surface area contributed by atoms with Crippen molar-refractivity contribution in [2.75, 3.05) is 0 Å². The lowest BCUT2D eigenvalue weighted by atomic mass is 9.91. The first-order valence-corrected chi connectivity index (χ1v) is 8.28. The fraction of sp³-hybridized carbons (Fsp3) is 0.462. The van der Waals surface area contributed by atoms with Crippen LogP contribution in [0.4, 0.5) is 30.7 Å². The van der Waals surface area contributed by atoms with Gasteiger partial charge in [0.15, 0.2) is 11.5 Å². The van der Waals surface area contributed by atoms with E-state index >= 15 is 0 Å². The number of Topliss-reactive ketones (excluding diaryl/α,β-unsaturated/α-hetero) is 1. The van der Waals surface area contributed by atoms with Gasteiger partial charge in [0.1, 0.15) is 6.10 Å².